The van der Waals surface area contributed by atoms with Crippen molar-refractivity contribution in [3.8, 4) is 0 Å². The van der Waals surface area contributed by atoms with Crippen LogP contribution in [0.5, 0.6) is 0 Å². The van der Waals surface area contributed by atoms with Crippen molar-refractivity contribution in [3.05, 3.63) is 29.8 Å². The summed E-state index contributed by atoms with van der Waals surface area (Å²) in [4.78, 5) is 0. The largest absolute Gasteiger partial charge is 0.389 e. The molecule has 0 amide bonds. The van der Waals surface area contributed by atoms with Gasteiger partial charge in [0, 0.05) is 12.2 Å². The molecular formula is C18H29NO2. The van der Waals surface area contributed by atoms with Gasteiger partial charge in [0.15, 0.2) is 0 Å². The van der Waals surface area contributed by atoms with Crippen molar-refractivity contribution < 1.29 is 9.84 Å². The number of nitrogens with one attached hydrogen (secondary N) is 1. The molecule has 1 saturated carbocycles. The highest BCUT2D eigenvalue weighted by Gasteiger charge is 2.22. The van der Waals surface area contributed by atoms with Crippen molar-refractivity contribution in [1.29, 1.82) is 0 Å². The van der Waals surface area contributed by atoms with Gasteiger partial charge in [-0.1, -0.05) is 38.8 Å². The van der Waals surface area contributed by atoms with Crippen LogP contribution in [0.1, 0.15) is 45.1 Å². The standard InChI is InChI=1S/C18H29NO2/c1-3-15-8-6-9-16(11-15)19-12-17(20)13-21-18-10-5-4-7-14(18)2/h6,8-9,11,14,17-20H,3-5,7,10,12-13H2,1-2H3. The van der Waals surface area contributed by atoms with Gasteiger partial charge in [-0.15, -0.1) is 0 Å². The lowest BCUT2D eigenvalue weighted by molar-refractivity contribution is -0.0424. The Kier molecular flexibility index (Phi) is 6.52. The number of aliphatic hydroxyl groups excluding tert-OH is 1. The lowest BCUT2D eigenvalue weighted by atomic mass is 9.88. The minimum Gasteiger partial charge on any atom is -0.389 e. The van der Waals surface area contributed by atoms with Crippen molar-refractivity contribution in [2.75, 3.05) is 18.5 Å². The van der Waals surface area contributed by atoms with Gasteiger partial charge in [0.2, 0.25) is 0 Å². The molecule has 21 heavy (non-hydrogen) atoms. The Hall–Kier alpha value is -1.06. The molecule has 1 fully saturated rings. The van der Waals surface area contributed by atoms with Crippen molar-refractivity contribution in [1.82, 2.24) is 0 Å². The van der Waals surface area contributed by atoms with Crippen LogP contribution in [0.3, 0.4) is 0 Å². The highest BCUT2D eigenvalue weighted by Crippen LogP contribution is 2.26. The number of ether oxygens (including phenoxy) is 1. The van der Waals surface area contributed by atoms with E-state index in [1.54, 1.807) is 0 Å². The molecule has 1 aliphatic rings. The Labute approximate surface area is 128 Å². The quantitative estimate of drug-likeness (QED) is 0.806. The highest BCUT2D eigenvalue weighted by molar-refractivity contribution is 5.45. The Balaban J connectivity index is 1.70. The Morgan fingerprint density at radius 1 is 1.33 bits per heavy atom. The first-order valence-electron chi connectivity index (χ1n) is 8.31. The fraction of sp³-hybridized carbons (Fsp3) is 0.667. The summed E-state index contributed by atoms with van der Waals surface area (Å²) >= 11 is 0. The molecule has 0 aliphatic heterocycles. The van der Waals surface area contributed by atoms with E-state index in [0.29, 0.717) is 25.2 Å². The average Bonchev–Trinajstić information content (AvgIpc) is 2.52. The second kappa shape index (κ2) is 8.40. The average molecular weight is 291 g/mol. The molecule has 1 aliphatic carbocycles. The first kappa shape index (κ1) is 16.3. The normalized spacial score (nSPS) is 23.8. The third-order valence-corrected chi connectivity index (χ3v) is 4.41. The molecule has 3 atom stereocenters. The van der Waals surface area contributed by atoms with Gasteiger partial charge in [-0.25, -0.2) is 0 Å². The molecule has 1 aromatic rings. The second-order valence-corrected chi connectivity index (χ2v) is 6.22. The van der Waals surface area contributed by atoms with Gasteiger partial charge in [-0.3, -0.25) is 0 Å². The summed E-state index contributed by atoms with van der Waals surface area (Å²) in [5.41, 5.74) is 2.38. The number of hydrogen-bond donors (Lipinski definition) is 2. The summed E-state index contributed by atoms with van der Waals surface area (Å²) in [6.45, 7) is 5.36. The predicted molar refractivity (Wildman–Crippen MR) is 87.7 cm³/mol. The van der Waals surface area contributed by atoms with E-state index in [2.05, 4.69) is 31.3 Å². The first-order valence-corrected chi connectivity index (χ1v) is 8.31. The van der Waals surface area contributed by atoms with Crippen LogP contribution in [0, 0.1) is 5.92 Å². The molecule has 1 aromatic carbocycles. The number of anilines is 1. The number of benzene rings is 1. The van der Waals surface area contributed by atoms with Crippen molar-refractivity contribution >= 4 is 5.69 Å². The minimum atomic E-state index is -0.454. The van der Waals surface area contributed by atoms with Crippen LogP contribution in [0.2, 0.25) is 0 Å². The monoisotopic (exact) mass is 291 g/mol. The molecule has 0 aromatic heterocycles. The maximum absolute atomic E-state index is 10.1. The van der Waals surface area contributed by atoms with Crippen LogP contribution in [-0.4, -0.2) is 30.5 Å². The molecule has 3 heteroatoms. The van der Waals surface area contributed by atoms with Crippen molar-refractivity contribution in [3.63, 3.8) is 0 Å². The maximum Gasteiger partial charge on any atom is 0.0945 e. The molecule has 3 unspecified atom stereocenters. The Bertz CT molecular complexity index is 421. The van der Waals surface area contributed by atoms with E-state index in [1.165, 1.54) is 24.8 Å². The van der Waals surface area contributed by atoms with E-state index in [-0.39, 0.29) is 0 Å². The van der Waals surface area contributed by atoms with Crippen molar-refractivity contribution in [2.24, 2.45) is 5.92 Å². The SMILES string of the molecule is CCc1cccc(NCC(O)COC2CCCCC2C)c1. The van der Waals surface area contributed by atoms with Gasteiger partial charge in [0.25, 0.3) is 0 Å². The van der Waals surface area contributed by atoms with Crippen LogP contribution < -0.4 is 5.32 Å². The summed E-state index contributed by atoms with van der Waals surface area (Å²) in [5.74, 6) is 0.625. The molecular weight excluding hydrogens is 262 g/mol. The summed E-state index contributed by atoms with van der Waals surface area (Å²) in [7, 11) is 0. The first-order chi connectivity index (χ1) is 10.2. The molecule has 2 N–H and O–H groups in total. The molecule has 0 heterocycles. The van der Waals surface area contributed by atoms with Crippen LogP contribution >= 0.6 is 0 Å². The Morgan fingerprint density at radius 3 is 2.90 bits per heavy atom. The fourth-order valence-corrected chi connectivity index (χ4v) is 2.96. The molecule has 0 radical (unpaired) electrons. The molecule has 0 bridgehead atoms. The zero-order valence-electron chi connectivity index (χ0n) is 13.3. The van der Waals surface area contributed by atoms with E-state index in [4.69, 9.17) is 4.74 Å². The van der Waals surface area contributed by atoms with Gasteiger partial charge >= 0.3 is 0 Å². The zero-order valence-corrected chi connectivity index (χ0v) is 13.3. The maximum atomic E-state index is 10.1. The van der Waals surface area contributed by atoms with E-state index < -0.39 is 6.10 Å². The van der Waals surface area contributed by atoms with Crippen LogP contribution in [0.25, 0.3) is 0 Å². The second-order valence-electron chi connectivity index (χ2n) is 6.22. The lowest BCUT2D eigenvalue weighted by Crippen LogP contribution is -2.32. The fourth-order valence-electron chi connectivity index (χ4n) is 2.96. The molecule has 0 spiro atoms. The molecule has 118 valence electrons. The third kappa shape index (κ3) is 5.33. The number of hydrogen-bond acceptors (Lipinski definition) is 3. The van der Waals surface area contributed by atoms with E-state index >= 15 is 0 Å². The van der Waals surface area contributed by atoms with Gasteiger partial charge in [0.05, 0.1) is 18.8 Å². The lowest BCUT2D eigenvalue weighted by Gasteiger charge is -2.29. The smallest absolute Gasteiger partial charge is 0.0945 e. The molecule has 3 nitrogen and oxygen atoms in total. The minimum absolute atomic E-state index is 0.330. The summed E-state index contributed by atoms with van der Waals surface area (Å²) in [5, 5.41) is 13.4. The topological polar surface area (TPSA) is 41.5 Å². The summed E-state index contributed by atoms with van der Waals surface area (Å²) in [6.07, 6.45) is 5.87. The van der Waals surface area contributed by atoms with Crippen LogP contribution in [-0.2, 0) is 11.2 Å². The van der Waals surface area contributed by atoms with Gasteiger partial charge in [0.1, 0.15) is 0 Å². The van der Waals surface area contributed by atoms with Crippen LogP contribution in [0.4, 0.5) is 5.69 Å². The van der Waals surface area contributed by atoms with E-state index in [0.717, 1.165) is 18.5 Å². The zero-order chi connectivity index (χ0) is 15.1. The summed E-state index contributed by atoms with van der Waals surface area (Å²) in [6, 6.07) is 8.34. The predicted octanol–water partition coefficient (Wildman–Crippen LogP) is 3.62. The van der Waals surface area contributed by atoms with Gasteiger partial charge in [-0.2, -0.15) is 0 Å². The Morgan fingerprint density at radius 2 is 2.14 bits per heavy atom. The van der Waals surface area contributed by atoms with E-state index in [9.17, 15) is 5.11 Å². The number of aliphatic hydroxyl groups is 1. The van der Waals surface area contributed by atoms with Crippen LogP contribution in [0.15, 0.2) is 24.3 Å². The van der Waals surface area contributed by atoms with Gasteiger partial charge < -0.3 is 15.2 Å². The highest BCUT2D eigenvalue weighted by atomic mass is 16.5. The van der Waals surface area contributed by atoms with Crippen molar-refractivity contribution in [2.45, 2.75) is 58.2 Å². The number of aryl methyl sites for hydroxylation is 1. The van der Waals surface area contributed by atoms with Gasteiger partial charge in [-0.05, 0) is 42.9 Å². The summed E-state index contributed by atoms with van der Waals surface area (Å²) < 4.78 is 5.90. The molecule has 2 rings (SSSR count). The number of rotatable bonds is 7. The van der Waals surface area contributed by atoms with E-state index in [1.807, 2.05) is 12.1 Å². The molecule has 0 saturated heterocycles. The third-order valence-electron chi connectivity index (χ3n) is 4.41.